The fraction of sp³-hybridized carbons (Fsp3) is 0.583. The van der Waals surface area contributed by atoms with Gasteiger partial charge in [0.25, 0.3) is 5.91 Å². The minimum atomic E-state index is -0.904. The molecule has 4 nitrogen and oxygen atoms in total. The summed E-state index contributed by atoms with van der Waals surface area (Å²) in [4.78, 5) is 13.8. The molecule has 1 aromatic rings. The molecule has 0 saturated carbocycles. The van der Waals surface area contributed by atoms with Crippen molar-refractivity contribution in [3.05, 3.63) is 23.7 Å². The lowest BCUT2D eigenvalue weighted by Gasteiger charge is -2.24. The molecule has 5 heteroatoms. The van der Waals surface area contributed by atoms with Crippen molar-refractivity contribution in [2.75, 3.05) is 19.1 Å². The summed E-state index contributed by atoms with van der Waals surface area (Å²) in [5, 5.41) is 0. The van der Waals surface area contributed by atoms with Crippen LogP contribution in [0.4, 0.5) is 0 Å². The lowest BCUT2D eigenvalue weighted by Crippen LogP contribution is -2.38. The van der Waals surface area contributed by atoms with Crippen LogP contribution in [0.3, 0.4) is 0 Å². The van der Waals surface area contributed by atoms with Crippen molar-refractivity contribution in [2.24, 2.45) is 0 Å². The van der Waals surface area contributed by atoms with Crippen molar-refractivity contribution in [2.45, 2.75) is 26.3 Å². The zero-order valence-corrected chi connectivity index (χ0v) is 11.5. The van der Waals surface area contributed by atoms with Crippen LogP contribution >= 0.6 is 0 Å². The Labute approximate surface area is 104 Å². The lowest BCUT2D eigenvalue weighted by molar-refractivity contribution is 0.0755. The van der Waals surface area contributed by atoms with Gasteiger partial charge in [-0.3, -0.25) is 9.00 Å². The molecule has 0 saturated heterocycles. The molecule has 2 unspecified atom stereocenters. The Morgan fingerprint density at radius 1 is 1.59 bits per heavy atom. The highest BCUT2D eigenvalue weighted by molar-refractivity contribution is 7.84. The molecule has 0 N–H and O–H groups in total. The summed E-state index contributed by atoms with van der Waals surface area (Å²) < 4.78 is 16.4. The van der Waals surface area contributed by atoms with Crippen molar-refractivity contribution >= 4 is 16.7 Å². The Morgan fingerprint density at radius 2 is 2.24 bits per heavy atom. The van der Waals surface area contributed by atoms with Crippen molar-refractivity contribution in [1.82, 2.24) is 4.90 Å². The van der Waals surface area contributed by atoms with Crippen molar-refractivity contribution in [3.8, 4) is 0 Å². The Kier molecular flexibility index (Phi) is 4.93. The Bertz CT molecular complexity index is 414. The predicted octanol–water partition coefficient (Wildman–Crippen LogP) is 1.68. The van der Waals surface area contributed by atoms with Crippen LogP contribution in [-0.2, 0) is 17.2 Å². The first kappa shape index (κ1) is 14.0. The summed E-state index contributed by atoms with van der Waals surface area (Å²) in [7, 11) is 0.824. The van der Waals surface area contributed by atoms with E-state index in [-0.39, 0.29) is 11.9 Å². The van der Waals surface area contributed by atoms with Gasteiger partial charge in [-0.15, -0.1) is 0 Å². The van der Waals surface area contributed by atoms with Gasteiger partial charge in [-0.05, 0) is 13.0 Å². The van der Waals surface area contributed by atoms with Crippen molar-refractivity contribution in [1.29, 1.82) is 0 Å². The molecule has 0 radical (unpaired) electrons. The second-order valence-electron chi connectivity index (χ2n) is 4.12. The highest BCUT2D eigenvalue weighted by atomic mass is 32.2. The van der Waals surface area contributed by atoms with Crippen LogP contribution in [0.2, 0.25) is 0 Å². The monoisotopic (exact) mass is 257 g/mol. The third kappa shape index (κ3) is 3.43. The smallest absolute Gasteiger partial charge is 0.257 e. The largest absolute Gasteiger partial charge is 0.469 e. The summed E-state index contributed by atoms with van der Waals surface area (Å²) >= 11 is 0. The predicted molar refractivity (Wildman–Crippen MR) is 68.6 cm³/mol. The van der Waals surface area contributed by atoms with Crippen LogP contribution in [0, 0.1) is 0 Å². The van der Waals surface area contributed by atoms with Gasteiger partial charge in [0.1, 0.15) is 5.76 Å². The van der Waals surface area contributed by atoms with E-state index in [4.69, 9.17) is 4.42 Å². The maximum absolute atomic E-state index is 12.2. The molecule has 0 aliphatic carbocycles. The topological polar surface area (TPSA) is 50.5 Å². The van der Waals surface area contributed by atoms with Crippen LogP contribution in [0.5, 0.6) is 0 Å². The van der Waals surface area contributed by atoms with E-state index >= 15 is 0 Å². The normalized spacial score (nSPS) is 14.4. The van der Waals surface area contributed by atoms with E-state index in [2.05, 4.69) is 0 Å². The number of furan rings is 1. The second kappa shape index (κ2) is 6.00. The van der Waals surface area contributed by atoms with E-state index in [0.29, 0.717) is 23.5 Å². The van der Waals surface area contributed by atoms with Gasteiger partial charge in [-0.25, -0.2) is 0 Å². The summed E-state index contributed by atoms with van der Waals surface area (Å²) in [5.41, 5.74) is 0.601. The first-order valence-corrected chi connectivity index (χ1v) is 7.33. The maximum Gasteiger partial charge on any atom is 0.257 e. The summed E-state index contributed by atoms with van der Waals surface area (Å²) in [6.45, 7) is 3.84. The molecule has 1 aromatic heterocycles. The average Bonchev–Trinajstić information content (AvgIpc) is 2.73. The highest BCUT2D eigenvalue weighted by Crippen LogP contribution is 2.14. The van der Waals surface area contributed by atoms with Gasteiger partial charge in [-0.1, -0.05) is 6.92 Å². The third-order valence-corrected chi connectivity index (χ3v) is 3.71. The highest BCUT2D eigenvalue weighted by Gasteiger charge is 2.21. The fourth-order valence-electron chi connectivity index (χ4n) is 1.65. The molecular formula is C12H19NO3S. The van der Waals surface area contributed by atoms with Gasteiger partial charge in [0.15, 0.2) is 0 Å². The van der Waals surface area contributed by atoms with E-state index in [9.17, 15) is 9.00 Å². The van der Waals surface area contributed by atoms with Gasteiger partial charge < -0.3 is 9.32 Å². The van der Waals surface area contributed by atoms with Gasteiger partial charge >= 0.3 is 0 Å². The molecule has 0 aliphatic heterocycles. The zero-order chi connectivity index (χ0) is 13.0. The summed E-state index contributed by atoms with van der Waals surface area (Å²) in [6.07, 6.45) is 3.86. The van der Waals surface area contributed by atoms with Gasteiger partial charge in [-0.2, -0.15) is 0 Å². The molecule has 0 aromatic carbocycles. The number of hydrogen-bond donors (Lipinski definition) is 0. The van der Waals surface area contributed by atoms with Crippen LogP contribution in [0.15, 0.2) is 16.7 Å². The first-order valence-electron chi connectivity index (χ1n) is 5.60. The van der Waals surface area contributed by atoms with E-state index in [1.54, 1.807) is 24.3 Å². The average molecular weight is 257 g/mol. The first-order chi connectivity index (χ1) is 7.97. The van der Waals surface area contributed by atoms with Crippen LogP contribution in [0.1, 0.15) is 30.0 Å². The van der Waals surface area contributed by atoms with Crippen LogP contribution in [0.25, 0.3) is 0 Å². The van der Waals surface area contributed by atoms with Crippen molar-refractivity contribution < 1.29 is 13.4 Å². The lowest BCUT2D eigenvalue weighted by atomic mass is 10.2. The number of amides is 1. The summed E-state index contributed by atoms with van der Waals surface area (Å²) in [6, 6.07) is 1.64. The van der Waals surface area contributed by atoms with Gasteiger partial charge in [0.2, 0.25) is 0 Å². The number of carbonyl (C=O) groups is 1. The molecule has 0 bridgehead atoms. The molecule has 96 valence electrons. The minimum Gasteiger partial charge on any atom is -0.469 e. The third-order valence-electron chi connectivity index (χ3n) is 2.75. The molecular weight excluding hydrogens is 238 g/mol. The van der Waals surface area contributed by atoms with Crippen molar-refractivity contribution in [3.63, 3.8) is 0 Å². The number of carbonyl (C=O) groups excluding carboxylic acids is 1. The molecule has 0 spiro atoms. The second-order valence-corrected chi connectivity index (χ2v) is 5.60. The van der Waals surface area contributed by atoms with E-state index in [1.165, 1.54) is 6.26 Å². The molecule has 0 aliphatic rings. The SMILES string of the molecule is CCc1occc1C(=O)N(C)C(C)CS(C)=O. The summed E-state index contributed by atoms with van der Waals surface area (Å²) in [5.74, 6) is 1.11. The molecule has 17 heavy (non-hydrogen) atoms. The number of rotatable bonds is 5. The van der Waals surface area contributed by atoms with Gasteiger partial charge in [0, 0.05) is 42.3 Å². The molecule has 0 fully saturated rings. The minimum absolute atomic E-state index is 0.0482. The molecule has 1 heterocycles. The van der Waals surface area contributed by atoms with Crippen LogP contribution < -0.4 is 0 Å². The Hall–Kier alpha value is -1.10. The maximum atomic E-state index is 12.2. The standard InChI is InChI=1S/C12H19NO3S/c1-5-11-10(6-7-16-11)12(14)13(3)9(2)8-17(4)15/h6-7,9H,5,8H2,1-4H3. The number of aryl methyl sites for hydroxylation is 1. The number of hydrogen-bond acceptors (Lipinski definition) is 3. The Morgan fingerprint density at radius 3 is 2.76 bits per heavy atom. The Balaban J connectivity index is 2.79. The molecule has 1 rings (SSSR count). The number of nitrogens with zero attached hydrogens (tertiary/aromatic N) is 1. The quantitative estimate of drug-likeness (QED) is 0.806. The fourth-order valence-corrected chi connectivity index (χ4v) is 2.55. The van der Waals surface area contributed by atoms with Gasteiger partial charge in [0.05, 0.1) is 11.8 Å². The van der Waals surface area contributed by atoms with E-state index in [1.807, 2.05) is 13.8 Å². The molecule has 1 amide bonds. The zero-order valence-electron chi connectivity index (χ0n) is 10.7. The van der Waals surface area contributed by atoms with E-state index < -0.39 is 10.8 Å². The molecule has 2 atom stereocenters. The van der Waals surface area contributed by atoms with Crippen LogP contribution in [-0.4, -0.2) is 40.1 Å². The van der Waals surface area contributed by atoms with E-state index in [0.717, 1.165) is 0 Å².